The standard InChI is InChI=1S/C16H14F2N2S/c1-10-2-3-15-14(6-10)19-16(21)20(15)5-4-11-7-12(17)9-13(18)8-11/h2-3,6-9H,4-5H2,1H3,(H,19,21). The maximum Gasteiger partial charge on any atom is 0.178 e. The van der Waals surface area contributed by atoms with E-state index in [9.17, 15) is 8.78 Å². The van der Waals surface area contributed by atoms with Gasteiger partial charge in [0.1, 0.15) is 11.6 Å². The van der Waals surface area contributed by atoms with Crippen LogP contribution in [0.3, 0.4) is 0 Å². The summed E-state index contributed by atoms with van der Waals surface area (Å²) in [7, 11) is 0. The molecule has 0 radical (unpaired) electrons. The molecular formula is C16H14F2N2S. The minimum atomic E-state index is -0.553. The largest absolute Gasteiger partial charge is 0.331 e. The minimum absolute atomic E-state index is 0.518. The van der Waals surface area contributed by atoms with Crippen LogP contribution in [0, 0.1) is 23.3 Å². The number of aromatic nitrogens is 2. The molecule has 1 heterocycles. The van der Waals surface area contributed by atoms with E-state index >= 15 is 0 Å². The topological polar surface area (TPSA) is 20.7 Å². The Morgan fingerprint density at radius 2 is 1.81 bits per heavy atom. The number of halogens is 2. The van der Waals surface area contributed by atoms with Gasteiger partial charge in [-0.05, 0) is 61.0 Å². The van der Waals surface area contributed by atoms with E-state index in [1.807, 2.05) is 29.7 Å². The number of hydrogen-bond donors (Lipinski definition) is 1. The smallest absolute Gasteiger partial charge is 0.178 e. The van der Waals surface area contributed by atoms with Gasteiger partial charge in [0.05, 0.1) is 11.0 Å². The van der Waals surface area contributed by atoms with E-state index < -0.39 is 11.6 Å². The first kappa shape index (κ1) is 13.9. The molecule has 5 heteroatoms. The van der Waals surface area contributed by atoms with Crippen LogP contribution in [0.4, 0.5) is 8.78 Å². The van der Waals surface area contributed by atoms with Gasteiger partial charge < -0.3 is 9.55 Å². The fourth-order valence-electron chi connectivity index (χ4n) is 2.50. The molecule has 0 aliphatic rings. The molecule has 0 saturated carbocycles. The maximum absolute atomic E-state index is 13.2. The second-order valence-electron chi connectivity index (χ2n) is 5.13. The van der Waals surface area contributed by atoms with Gasteiger partial charge in [0.2, 0.25) is 0 Å². The lowest BCUT2D eigenvalue weighted by atomic mass is 10.1. The molecule has 3 aromatic rings. The van der Waals surface area contributed by atoms with Crippen LogP contribution < -0.4 is 0 Å². The maximum atomic E-state index is 13.2. The number of H-pyrrole nitrogens is 1. The summed E-state index contributed by atoms with van der Waals surface area (Å²) < 4.78 is 29.0. The lowest BCUT2D eigenvalue weighted by Crippen LogP contribution is -2.02. The van der Waals surface area contributed by atoms with Gasteiger partial charge >= 0.3 is 0 Å². The third-order valence-corrected chi connectivity index (χ3v) is 3.80. The number of aromatic amines is 1. The van der Waals surface area contributed by atoms with Gasteiger partial charge in [-0.25, -0.2) is 8.78 Å². The second-order valence-corrected chi connectivity index (χ2v) is 5.52. The molecule has 0 amide bonds. The minimum Gasteiger partial charge on any atom is -0.331 e. The molecule has 1 N–H and O–H groups in total. The van der Waals surface area contributed by atoms with E-state index in [1.165, 1.54) is 12.1 Å². The number of fused-ring (bicyclic) bond motifs is 1. The Labute approximate surface area is 126 Å². The Balaban J connectivity index is 1.91. The third kappa shape index (κ3) is 2.88. The molecule has 2 nitrogen and oxygen atoms in total. The predicted molar refractivity (Wildman–Crippen MR) is 81.9 cm³/mol. The van der Waals surface area contributed by atoms with E-state index in [-0.39, 0.29) is 0 Å². The monoisotopic (exact) mass is 304 g/mol. The van der Waals surface area contributed by atoms with Crippen molar-refractivity contribution in [2.24, 2.45) is 0 Å². The summed E-state index contributed by atoms with van der Waals surface area (Å²) in [6, 6.07) is 9.64. The highest BCUT2D eigenvalue weighted by Crippen LogP contribution is 2.17. The molecule has 0 bridgehead atoms. The molecule has 2 aromatic carbocycles. The molecule has 3 rings (SSSR count). The van der Waals surface area contributed by atoms with Crippen LogP contribution in [0.2, 0.25) is 0 Å². The van der Waals surface area contributed by atoms with Crippen LogP contribution in [0.15, 0.2) is 36.4 Å². The lowest BCUT2D eigenvalue weighted by Gasteiger charge is -2.06. The molecule has 108 valence electrons. The number of imidazole rings is 1. The van der Waals surface area contributed by atoms with Gasteiger partial charge in [0.25, 0.3) is 0 Å². The summed E-state index contributed by atoms with van der Waals surface area (Å²) in [5.41, 5.74) is 3.75. The van der Waals surface area contributed by atoms with Crippen molar-refractivity contribution in [3.63, 3.8) is 0 Å². The molecule has 0 aliphatic heterocycles. The normalized spacial score (nSPS) is 11.2. The van der Waals surface area contributed by atoms with Crippen LogP contribution in [0.25, 0.3) is 11.0 Å². The molecule has 0 saturated heterocycles. The first-order valence-corrected chi connectivity index (χ1v) is 7.08. The van der Waals surface area contributed by atoms with Crippen LogP contribution >= 0.6 is 12.2 Å². The van der Waals surface area contributed by atoms with Crippen molar-refractivity contribution in [3.8, 4) is 0 Å². The number of nitrogens with zero attached hydrogens (tertiary/aromatic N) is 1. The molecule has 0 spiro atoms. The number of aryl methyl sites for hydroxylation is 3. The van der Waals surface area contributed by atoms with E-state index in [0.29, 0.717) is 23.3 Å². The highest BCUT2D eigenvalue weighted by atomic mass is 32.1. The molecule has 0 fully saturated rings. The van der Waals surface area contributed by atoms with Gasteiger partial charge in [0, 0.05) is 12.6 Å². The van der Waals surface area contributed by atoms with E-state index in [0.717, 1.165) is 22.7 Å². The zero-order valence-electron chi connectivity index (χ0n) is 11.5. The number of rotatable bonds is 3. The van der Waals surface area contributed by atoms with E-state index in [1.54, 1.807) is 0 Å². The van der Waals surface area contributed by atoms with Gasteiger partial charge in [0.15, 0.2) is 4.77 Å². The molecule has 0 aliphatic carbocycles. The molecular weight excluding hydrogens is 290 g/mol. The summed E-state index contributed by atoms with van der Waals surface area (Å²) in [6.45, 7) is 2.59. The molecule has 21 heavy (non-hydrogen) atoms. The van der Waals surface area contributed by atoms with Crippen molar-refractivity contribution in [1.29, 1.82) is 0 Å². The van der Waals surface area contributed by atoms with Crippen LogP contribution in [-0.2, 0) is 13.0 Å². The van der Waals surface area contributed by atoms with Crippen molar-refractivity contribution in [2.75, 3.05) is 0 Å². The van der Waals surface area contributed by atoms with Gasteiger partial charge in [-0.2, -0.15) is 0 Å². The Morgan fingerprint density at radius 1 is 1.10 bits per heavy atom. The first-order chi connectivity index (χ1) is 10.0. The second kappa shape index (κ2) is 5.41. The van der Waals surface area contributed by atoms with Crippen molar-refractivity contribution in [1.82, 2.24) is 9.55 Å². The Hall–Kier alpha value is -2.01. The summed E-state index contributed by atoms with van der Waals surface area (Å²) in [6.07, 6.45) is 0.518. The van der Waals surface area contributed by atoms with Gasteiger partial charge in [-0.3, -0.25) is 0 Å². The number of nitrogens with one attached hydrogen (secondary N) is 1. The van der Waals surface area contributed by atoms with Gasteiger partial charge in [-0.15, -0.1) is 0 Å². The Morgan fingerprint density at radius 3 is 2.52 bits per heavy atom. The Bertz CT molecular complexity index is 844. The Kier molecular flexibility index (Phi) is 3.59. The lowest BCUT2D eigenvalue weighted by molar-refractivity contribution is 0.577. The zero-order chi connectivity index (χ0) is 15.0. The molecule has 1 aromatic heterocycles. The van der Waals surface area contributed by atoms with Crippen LogP contribution in [-0.4, -0.2) is 9.55 Å². The predicted octanol–water partition coefficient (Wildman–Crippen LogP) is 4.53. The van der Waals surface area contributed by atoms with Crippen molar-refractivity contribution >= 4 is 23.3 Å². The number of hydrogen-bond acceptors (Lipinski definition) is 1. The summed E-state index contributed by atoms with van der Waals surface area (Å²) in [5, 5.41) is 0. The average Bonchev–Trinajstić information content (AvgIpc) is 2.70. The summed E-state index contributed by atoms with van der Waals surface area (Å²) in [4.78, 5) is 3.16. The zero-order valence-corrected chi connectivity index (χ0v) is 12.3. The fourth-order valence-corrected chi connectivity index (χ4v) is 2.80. The number of benzene rings is 2. The summed E-state index contributed by atoms with van der Waals surface area (Å²) >= 11 is 5.32. The fraction of sp³-hybridized carbons (Fsp3) is 0.188. The van der Waals surface area contributed by atoms with Crippen LogP contribution in [0.5, 0.6) is 0 Å². The van der Waals surface area contributed by atoms with Gasteiger partial charge in [-0.1, -0.05) is 6.07 Å². The third-order valence-electron chi connectivity index (χ3n) is 3.48. The van der Waals surface area contributed by atoms with Crippen molar-refractivity contribution < 1.29 is 8.78 Å². The highest BCUT2D eigenvalue weighted by molar-refractivity contribution is 7.71. The molecule has 0 atom stereocenters. The first-order valence-electron chi connectivity index (χ1n) is 6.67. The van der Waals surface area contributed by atoms with Crippen LogP contribution in [0.1, 0.15) is 11.1 Å². The average molecular weight is 304 g/mol. The quantitative estimate of drug-likeness (QED) is 0.705. The SMILES string of the molecule is Cc1ccc2c(c1)[nH]c(=S)n2CCc1cc(F)cc(F)c1. The van der Waals surface area contributed by atoms with Crippen molar-refractivity contribution in [3.05, 3.63) is 63.9 Å². The van der Waals surface area contributed by atoms with E-state index in [4.69, 9.17) is 12.2 Å². The van der Waals surface area contributed by atoms with Crippen molar-refractivity contribution in [2.45, 2.75) is 19.9 Å². The van der Waals surface area contributed by atoms with E-state index in [2.05, 4.69) is 4.98 Å². The highest BCUT2D eigenvalue weighted by Gasteiger charge is 2.06. The summed E-state index contributed by atoms with van der Waals surface area (Å²) in [5.74, 6) is -1.11. The molecule has 0 unspecified atom stereocenters.